The molecule has 2 rings (SSSR count). The van der Waals surface area contributed by atoms with Crippen LogP contribution in [0.25, 0.3) is 10.9 Å². The Balaban J connectivity index is 0.00000162. The maximum Gasteiger partial charge on any atom is 0.0726 e. The van der Waals surface area contributed by atoms with E-state index in [0.717, 1.165) is 23.4 Å². The Hall–Kier alpha value is -1.32. The van der Waals surface area contributed by atoms with Gasteiger partial charge in [-0.1, -0.05) is 11.6 Å². The van der Waals surface area contributed by atoms with Crippen LogP contribution in [0.4, 0.5) is 5.69 Å². The van der Waals surface area contributed by atoms with Crippen molar-refractivity contribution < 1.29 is 4.74 Å². The first-order valence-electron chi connectivity index (χ1n) is 5.81. The van der Waals surface area contributed by atoms with E-state index in [1.807, 2.05) is 6.92 Å². The second kappa shape index (κ2) is 6.57. The number of rotatable bonds is 4. The van der Waals surface area contributed by atoms with Crippen molar-refractivity contribution in [1.29, 1.82) is 0 Å². The first-order chi connectivity index (χ1) is 8.20. The van der Waals surface area contributed by atoms with E-state index >= 15 is 0 Å². The number of nitrogens with zero attached hydrogens (tertiary/aromatic N) is 1. The summed E-state index contributed by atoms with van der Waals surface area (Å²) in [5.41, 5.74) is 4.45. The number of aromatic nitrogens is 1. The molecule has 0 saturated heterocycles. The van der Waals surface area contributed by atoms with E-state index in [2.05, 4.69) is 41.5 Å². The quantitative estimate of drug-likeness (QED) is 0.862. The monoisotopic (exact) mass is 266 g/mol. The van der Waals surface area contributed by atoms with Gasteiger partial charge in [-0.3, -0.25) is 4.98 Å². The minimum atomic E-state index is 0. The molecule has 18 heavy (non-hydrogen) atoms. The lowest BCUT2D eigenvalue weighted by Crippen LogP contribution is -2.08. The average molecular weight is 267 g/mol. The molecule has 0 aliphatic rings. The molecule has 1 aromatic carbocycles. The molecule has 2 aromatic rings. The van der Waals surface area contributed by atoms with Crippen molar-refractivity contribution in [3.05, 3.63) is 35.5 Å². The Labute approximate surface area is 114 Å². The maximum atomic E-state index is 5.05. The molecule has 0 atom stereocenters. The predicted octanol–water partition coefficient (Wildman–Crippen LogP) is 3.33. The predicted molar refractivity (Wildman–Crippen MR) is 78.8 cm³/mol. The molecule has 0 amide bonds. The standard InChI is InChI=1S/C14H18N2O.ClH/c1-10-4-5-13-12(8-10)14(9-11(2)16-13)15-6-7-17-3;/h4-5,8-9H,6-7H2,1-3H3,(H,15,16);1H. The van der Waals surface area contributed by atoms with Gasteiger partial charge in [-0.15, -0.1) is 12.4 Å². The number of hydrogen-bond donors (Lipinski definition) is 1. The molecular formula is C14H19ClN2O. The van der Waals surface area contributed by atoms with Gasteiger partial charge in [0.15, 0.2) is 0 Å². The van der Waals surface area contributed by atoms with Crippen LogP contribution in [-0.2, 0) is 4.74 Å². The topological polar surface area (TPSA) is 34.1 Å². The van der Waals surface area contributed by atoms with Crippen LogP contribution in [0.5, 0.6) is 0 Å². The van der Waals surface area contributed by atoms with Crippen molar-refractivity contribution in [3.63, 3.8) is 0 Å². The lowest BCUT2D eigenvalue weighted by atomic mass is 10.1. The molecule has 0 fully saturated rings. The van der Waals surface area contributed by atoms with Gasteiger partial charge in [0.1, 0.15) is 0 Å². The minimum absolute atomic E-state index is 0. The van der Waals surface area contributed by atoms with Gasteiger partial charge >= 0.3 is 0 Å². The molecule has 0 unspecified atom stereocenters. The summed E-state index contributed by atoms with van der Waals surface area (Å²) in [5, 5.41) is 4.56. The molecule has 0 aliphatic heterocycles. The highest BCUT2D eigenvalue weighted by molar-refractivity contribution is 5.91. The summed E-state index contributed by atoms with van der Waals surface area (Å²) in [6, 6.07) is 8.40. The summed E-state index contributed by atoms with van der Waals surface area (Å²) >= 11 is 0. The number of benzene rings is 1. The van der Waals surface area contributed by atoms with Gasteiger partial charge in [0, 0.05) is 30.4 Å². The SMILES string of the molecule is COCCNc1cc(C)nc2ccc(C)cc12.Cl. The van der Waals surface area contributed by atoms with Crippen molar-refractivity contribution in [2.45, 2.75) is 13.8 Å². The van der Waals surface area contributed by atoms with E-state index in [0.29, 0.717) is 6.61 Å². The van der Waals surface area contributed by atoms with E-state index in [4.69, 9.17) is 4.74 Å². The Kier molecular flexibility index (Phi) is 5.38. The number of nitrogens with one attached hydrogen (secondary N) is 1. The largest absolute Gasteiger partial charge is 0.383 e. The van der Waals surface area contributed by atoms with Crippen molar-refractivity contribution in [2.24, 2.45) is 0 Å². The minimum Gasteiger partial charge on any atom is -0.383 e. The third kappa shape index (κ3) is 3.34. The van der Waals surface area contributed by atoms with Crippen molar-refractivity contribution in [3.8, 4) is 0 Å². The average Bonchev–Trinajstić information content (AvgIpc) is 2.30. The van der Waals surface area contributed by atoms with E-state index in [1.165, 1.54) is 10.9 Å². The number of fused-ring (bicyclic) bond motifs is 1. The Morgan fingerprint density at radius 2 is 2.00 bits per heavy atom. The van der Waals surface area contributed by atoms with Crippen LogP contribution in [0.2, 0.25) is 0 Å². The molecule has 3 nitrogen and oxygen atoms in total. The van der Waals surface area contributed by atoms with Crippen LogP contribution in [0.15, 0.2) is 24.3 Å². The zero-order chi connectivity index (χ0) is 12.3. The molecule has 1 N–H and O–H groups in total. The van der Waals surface area contributed by atoms with Gasteiger partial charge < -0.3 is 10.1 Å². The highest BCUT2D eigenvalue weighted by Gasteiger charge is 2.03. The van der Waals surface area contributed by atoms with Gasteiger partial charge in [-0.05, 0) is 32.0 Å². The van der Waals surface area contributed by atoms with E-state index < -0.39 is 0 Å². The number of anilines is 1. The number of aryl methyl sites for hydroxylation is 2. The summed E-state index contributed by atoms with van der Waals surface area (Å²) in [4.78, 5) is 4.53. The smallest absolute Gasteiger partial charge is 0.0726 e. The summed E-state index contributed by atoms with van der Waals surface area (Å²) in [5.74, 6) is 0. The van der Waals surface area contributed by atoms with Gasteiger partial charge in [-0.25, -0.2) is 0 Å². The van der Waals surface area contributed by atoms with Crippen LogP contribution in [0.1, 0.15) is 11.3 Å². The maximum absolute atomic E-state index is 5.05. The molecule has 0 spiro atoms. The van der Waals surface area contributed by atoms with Gasteiger partial charge in [0.05, 0.1) is 12.1 Å². The molecule has 98 valence electrons. The van der Waals surface area contributed by atoms with E-state index in [9.17, 15) is 0 Å². The number of pyridine rings is 1. The molecule has 0 saturated carbocycles. The van der Waals surface area contributed by atoms with E-state index in [-0.39, 0.29) is 12.4 Å². The van der Waals surface area contributed by atoms with Crippen LogP contribution < -0.4 is 5.32 Å². The Morgan fingerprint density at radius 1 is 1.22 bits per heavy atom. The van der Waals surface area contributed by atoms with Crippen LogP contribution in [0.3, 0.4) is 0 Å². The van der Waals surface area contributed by atoms with Gasteiger partial charge in [-0.2, -0.15) is 0 Å². The number of methoxy groups -OCH3 is 1. The highest BCUT2D eigenvalue weighted by Crippen LogP contribution is 2.24. The van der Waals surface area contributed by atoms with Crippen molar-refractivity contribution in [2.75, 3.05) is 25.6 Å². The van der Waals surface area contributed by atoms with Crippen LogP contribution >= 0.6 is 12.4 Å². The molecule has 4 heteroatoms. The zero-order valence-electron chi connectivity index (χ0n) is 11.0. The van der Waals surface area contributed by atoms with Gasteiger partial charge in [0.25, 0.3) is 0 Å². The molecular weight excluding hydrogens is 248 g/mol. The lowest BCUT2D eigenvalue weighted by Gasteiger charge is -2.11. The second-order valence-corrected chi connectivity index (χ2v) is 4.25. The number of ether oxygens (including phenoxy) is 1. The Bertz CT molecular complexity index is 528. The van der Waals surface area contributed by atoms with Crippen molar-refractivity contribution >= 4 is 29.0 Å². The molecule has 0 bridgehead atoms. The normalized spacial score (nSPS) is 10.2. The number of halogens is 1. The lowest BCUT2D eigenvalue weighted by molar-refractivity contribution is 0.211. The zero-order valence-corrected chi connectivity index (χ0v) is 11.8. The fraction of sp³-hybridized carbons (Fsp3) is 0.357. The summed E-state index contributed by atoms with van der Waals surface area (Å²) < 4.78 is 5.05. The summed E-state index contributed by atoms with van der Waals surface area (Å²) in [7, 11) is 1.71. The summed E-state index contributed by atoms with van der Waals surface area (Å²) in [6.07, 6.45) is 0. The fourth-order valence-electron chi connectivity index (χ4n) is 1.91. The first kappa shape index (κ1) is 14.7. The summed E-state index contributed by atoms with van der Waals surface area (Å²) in [6.45, 7) is 5.62. The third-order valence-corrected chi connectivity index (χ3v) is 2.71. The van der Waals surface area contributed by atoms with Crippen molar-refractivity contribution in [1.82, 2.24) is 4.98 Å². The second-order valence-electron chi connectivity index (χ2n) is 4.25. The molecule has 1 heterocycles. The third-order valence-electron chi connectivity index (χ3n) is 2.71. The van der Waals surface area contributed by atoms with Gasteiger partial charge in [0.2, 0.25) is 0 Å². The fourth-order valence-corrected chi connectivity index (χ4v) is 1.91. The van der Waals surface area contributed by atoms with E-state index in [1.54, 1.807) is 7.11 Å². The Morgan fingerprint density at radius 3 is 2.72 bits per heavy atom. The van der Waals surface area contributed by atoms with Crippen LogP contribution in [-0.4, -0.2) is 25.2 Å². The highest BCUT2D eigenvalue weighted by atomic mass is 35.5. The first-order valence-corrected chi connectivity index (χ1v) is 5.81. The number of hydrogen-bond acceptors (Lipinski definition) is 3. The molecule has 0 radical (unpaired) electrons. The molecule has 0 aliphatic carbocycles. The van der Waals surface area contributed by atoms with Crippen LogP contribution in [0, 0.1) is 13.8 Å². The molecule has 1 aromatic heterocycles.